The number of para-hydroxylation sites is 2. The summed E-state index contributed by atoms with van der Waals surface area (Å²) in [5.74, 6) is 0.696. The van der Waals surface area contributed by atoms with Crippen LogP contribution in [0.15, 0.2) is 48.5 Å². The molecule has 1 N–H and O–H groups in total. The highest BCUT2D eigenvalue weighted by molar-refractivity contribution is 6.30. The number of hydrogen-bond donors (Lipinski definition) is 1. The number of benzene rings is 2. The van der Waals surface area contributed by atoms with E-state index in [-0.39, 0.29) is 12.1 Å². The highest BCUT2D eigenvalue weighted by Crippen LogP contribution is 2.32. The molecular weight excluding hydrogens is 348 g/mol. The van der Waals surface area contributed by atoms with Gasteiger partial charge in [0, 0.05) is 11.6 Å². The number of halogens is 1. The lowest BCUT2D eigenvalue weighted by molar-refractivity contribution is 0.189. The van der Waals surface area contributed by atoms with Gasteiger partial charge < -0.3 is 15.0 Å². The quantitative estimate of drug-likeness (QED) is 0.727. The monoisotopic (exact) mass is 372 g/mol. The topological polar surface area (TPSA) is 41.6 Å². The van der Waals surface area contributed by atoms with Crippen LogP contribution < -0.4 is 10.1 Å². The van der Waals surface area contributed by atoms with E-state index in [0.29, 0.717) is 23.1 Å². The van der Waals surface area contributed by atoms with Gasteiger partial charge in [-0.3, -0.25) is 0 Å². The zero-order valence-electron chi connectivity index (χ0n) is 15.1. The van der Waals surface area contributed by atoms with Crippen molar-refractivity contribution in [3.05, 3.63) is 59.1 Å². The number of amides is 2. The Morgan fingerprint density at radius 2 is 1.92 bits per heavy atom. The maximum atomic E-state index is 13.1. The predicted octanol–water partition coefficient (Wildman–Crippen LogP) is 5.89. The molecule has 2 aromatic carbocycles. The molecule has 2 amide bonds. The molecule has 1 atom stereocenters. The third-order valence-electron chi connectivity index (χ3n) is 4.70. The number of hydrogen-bond acceptors (Lipinski definition) is 2. The Kier molecular flexibility index (Phi) is 6.40. The van der Waals surface area contributed by atoms with Gasteiger partial charge in [0.25, 0.3) is 0 Å². The van der Waals surface area contributed by atoms with Crippen LogP contribution >= 0.6 is 11.6 Å². The van der Waals surface area contributed by atoms with Crippen LogP contribution in [0.4, 0.5) is 10.5 Å². The summed E-state index contributed by atoms with van der Waals surface area (Å²) >= 11 is 6.03. The summed E-state index contributed by atoms with van der Waals surface area (Å²) in [5.41, 5.74) is 1.84. The van der Waals surface area contributed by atoms with Crippen LogP contribution in [-0.4, -0.2) is 24.1 Å². The molecule has 5 heteroatoms. The van der Waals surface area contributed by atoms with Crippen molar-refractivity contribution in [1.82, 2.24) is 4.90 Å². The molecule has 0 bridgehead atoms. The molecule has 4 nitrogen and oxygen atoms in total. The van der Waals surface area contributed by atoms with Gasteiger partial charge in [0.2, 0.25) is 0 Å². The van der Waals surface area contributed by atoms with Crippen molar-refractivity contribution in [2.45, 2.75) is 38.6 Å². The van der Waals surface area contributed by atoms with Crippen LogP contribution in [-0.2, 0) is 0 Å². The highest BCUT2D eigenvalue weighted by atomic mass is 35.5. The summed E-state index contributed by atoms with van der Waals surface area (Å²) in [6.45, 7) is 3.24. The summed E-state index contributed by atoms with van der Waals surface area (Å²) in [4.78, 5) is 15.0. The van der Waals surface area contributed by atoms with Crippen LogP contribution in [0.1, 0.15) is 44.2 Å². The van der Waals surface area contributed by atoms with Gasteiger partial charge in [0.05, 0.1) is 18.3 Å². The van der Waals surface area contributed by atoms with Crippen LogP contribution in [0.3, 0.4) is 0 Å². The number of likely N-dealkylation sites (tertiary alicyclic amines) is 1. The number of nitrogens with zero attached hydrogens (tertiary/aromatic N) is 1. The molecule has 0 aromatic heterocycles. The van der Waals surface area contributed by atoms with Crippen molar-refractivity contribution in [3.8, 4) is 5.75 Å². The average molecular weight is 373 g/mol. The maximum absolute atomic E-state index is 13.1. The van der Waals surface area contributed by atoms with Gasteiger partial charge in [-0.2, -0.15) is 0 Å². The fourth-order valence-electron chi connectivity index (χ4n) is 3.42. The Labute approximate surface area is 160 Å². The third kappa shape index (κ3) is 4.50. The zero-order chi connectivity index (χ0) is 18.4. The minimum atomic E-state index is -0.0843. The molecule has 138 valence electrons. The van der Waals surface area contributed by atoms with Crippen LogP contribution in [0.5, 0.6) is 5.75 Å². The Bertz CT molecular complexity index is 733. The summed E-state index contributed by atoms with van der Waals surface area (Å²) < 4.78 is 5.63. The first-order valence-corrected chi connectivity index (χ1v) is 9.61. The van der Waals surface area contributed by atoms with Gasteiger partial charge in [-0.25, -0.2) is 4.79 Å². The lowest BCUT2D eigenvalue weighted by Crippen LogP contribution is -2.38. The SMILES string of the molecule is CCOc1ccccc1NC(=O)N1CCCCC[C@H]1c1ccc(Cl)cc1. The molecule has 1 aliphatic rings. The second kappa shape index (κ2) is 8.95. The van der Waals surface area contributed by atoms with Gasteiger partial charge in [-0.15, -0.1) is 0 Å². The second-order valence-electron chi connectivity index (χ2n) is 6.47. The molecule has 0 aliphatic carbocycles. The summed E-state index contributed by atoms with van der Waals surface area (Å²) in [7, 11) is 0. The van der Waals surface area contributed by atoms with Gasteiger partial charge in [-0.05, 0) is 49.6 Å². The highest BCUT2D eigenvalue weighted by Gasteiger charge is 2.27. The molecule has 2 aromatic rings. The van der Waals surface area contributed by atoms with Crippen molar-refractivity contribution in [2.75, 3.05) is 18.5 Å². The van der Waals surface area contributed by atoms with Gasteiger partial charge in [-0.1, -0.05) is 48.7 Å². The minimum absolute atomic E-state index is 0.0639. The van der Waals surface area contributed by atoms with E-state index < -0.39 is 0 Å². The van der Waals surface area contributed by atoms with Crippen molar-refractivity contribution >= 4 is 23.3 Å². The Morgan fingerprint density at radius 3 is 2.69 bits per heavy atom. The van der Waals surface area contributed by atoms with Gasteiger partial charge >= 0.3 is 6.03 Å². The standard InChI is InChI=1S/C21H25ClN2O2/c1-2-26-20-10-6-5-8-18(20)23-21(25)24-15-7-3-4-9-19(24)16-11-13-17(22)14-12-16/h5-6,8,10-14,19H,2-4,7,9,15H2,1H3,(H,23,25)/t19-/m0/s1. The zero-order valence-corrected chi connectivity index (χ0v) is 15.8. The number of nitrogens with one attached hydrogen (secondary N) is 1. The van der Waals surface area contributed by atoms with Crippen LogP contribution in [0, 0.1) is 0 Å². The molecule has 26 heavy (non-hydrogen) atoms. The minimum Gasteiger partial charge on any atom is -0.492 e. The lowest BCUT2D eigenvalue weighted by atomic mass is 10.0. The first-order valence-electron chi connectivity index (χ1n) is 9.24. The summed E-state index contributed by atoms with van der Waals surface area (Å²) in [5, 5.41) is 3.75. The molecule has 0 spiro atoms. The Hall–Kier alpha value is -2.20. The average Bonchev–Trinajstić information content (AvgIpc) is 2.90. The molecule has 1 saturated heterocycles. The number of urea groups is 1. The fourth-order valence-corrected chi connectivity index (χ4v) is 3.55. The molecule has 1 heterocycles. The molecule has 1 aliphatic heterocycles. The first-order chi connectivity index (χ1) is 12.7. The fraction of sp³-hybridized carbons (Fsp3) is 0.381. The van der Waals surface area contributed by atoms with Crippen molar-refractivity contribution < 1.29 is 9.53 Å². The van der Waals surface area contributed by atoms with E-state index in [1.807, 2.05) is 60.4 Å². The molecule has 0 saturated carbocycles. The number of anilines is 1. The summed E-state index contributed by atoms with van der Waals surface area (Å²) in [6, 6.07) is 15.4. The van der Waals surface area contributed by atoms with Crippen molar-refractivity contribution in [2.24, 2.45) is 0 Å². The number of rotatable bonds is 4. The van der Waals surface area contributed by atoms with Crippen LogP contribution in [0.25, 0.3) is 0 Å². The predicted molar refractivity (Wildman–Crippen MR) is 106 cm³/mol. The van der Waals surface area contributed by atoms with Gasteiger partial charge in [0.1, 0.15) is 5.75 Å². The summed E-state index contributed by atoms with van der Waals surface area (Å²) in [6.07, 6.45) is 4.24. The lowest BCUT2D eigenvalue weighted by Gasteiger charge is -2.31. The second-order valence-corrected chi connectivity index (χ2v) is 6.91. The van der Waals surface area contributed by atoms with E-state index in [0.717, 1.165) is 37.8 Å². The molecule has 0 radical (unpaired) electrons. The van der Waals surface area contributed by atoms with E-state index >= 15 is 0 Å². The van der Waals surface area contributed by atoms with E-state index in [1.165, 1.54) is 0 Å². The smallest absolute Gasteiger partial charge is 0.322 e. The van der Waals surface area contributed by atoms with Crippen molar-refractivity contribution in [3.63, 3.8) is 0 Å². The Balaban J connectivity index is 1.81. The first kappa shape index (κ1) is 18.6. The third-order valence-corrected chi connectivity index (χ3v) is 4.95. The molecule has 0 unspecified atom stereocenters. The number of carbonyl (C=O) groups excluding carboxylic acids is 1. The van der Waals surface area contributed by atoms with Crippen molar-refractivity contribution in [1.29, 1.82) is 0 Å². The van der Waals surface area contributed by atoms with E-state index in [9.17, 15) is 4.79 Å². The largest absolute Gasteiger partial charge is 0.492 e. The van der Waals surface area contributed by atoms with E-state index in [1.54, 1.807) is 0 Å². The molecular formula is C21H25ClN2O2. The molecule has 1 fully saturated rings. The normalized spacial score (nSPS) is 17.5. The van der Waals surface area contributed by atoms with Crippen LogP contribution in [0.2, 0.25) is 5.02 Å². The van der Waals surface area contributed by atoms with E-state index in [2.05, 4.69) is 5.32 Å². The number of ether oxygens (including phenoxy) is 1. The van der Waals surface area contributed by atoms with E-state index in [4.69, 9.17) is 16.3 Å². The van der Waals surface area contributed by atoms with Gasteiger partial charge in [0.15, 0.2) is 0 Å². The number of carbonyl (C=O) groups is 1. The Morgan fingerprint density at radius 1 is 1.15 bits per heavy atom. The molecule has 3 rings (SSSR count). The maximum Gasteiger partial charge on any atom is 0.322 e.